The van der Waals surface area contributed by atoms with Crippen LogP contribution >= 0.6 is 0 Å². The standard InChI is InChI=1S/C25H31N3O2/c1-3-4-5-6-7-12-17-28-18(2)23(21-15-10-11-16-22(21)28)27-25(30)20-14-9-8-13-19(20)24(26)29/h8-11,13-16H,3-7,12,17H2,1-2H3,(H2,26,29)(H,27,30). The Hall–Kier alpha value is -3.08. The summed E-state index contributed by atoms with van der Waals surface area (Å²) in [4.78, 5) is 24.7. The van der Waals surface area contributed by atoms with Crippen molar-refractivity contribution in [3.05, 3.63) is 65.4 Å². The molecule has 5 nitrogen and oxygen atoms in total. The van der Waals surface area contributed by atoms with Gasteiger partial charge in [0.1, 0.15) is 0 Å². The molecule has 0 saturated heterocycles. The lowest BCUT2D eigenvalue weighted by Crippen LogP contribution is -2.20. The number of unbranched alkanes of at least 4 members (excludes halogenated alkanes) is 5. The molecule has 0 aliphatic carbocycles. The van der Waals surface area contributed by atoms with Gasteiger partial charge < -0.3 is 15.6 Å². The molecule has 158 valence electrons. The maximum absolute atomic E-state index is 13.0. The van der Waals surface area contributed by atoms with Gasteiger partial charge in [-0.25, -0.2) is 0 Å². The van der Waals surface area contributed by atoms with Crippen LogP contribution in [0.25, 0.3) is 10.9 Å². The number of anilines is 1. The molecule has 0 unspecified atom stereocenters. The summed E-state index contributed by atoms with van der Waals surface area (Å²) in [6.07, 6.45) is 7.43. The fraction of sp³-hybridized carbons (Fsp3) is 0.360. The van der Waals surface area contributed by atoms with Crippen LogP contribution in [0, 0.1) is 6.92 Å². The molecule has 30 heavy (non-hydrogen) atoms. The average Bonchev–Trinajstić information content (AvgIpc) is 3.02. The molecule has 0 aliphatic rings. The summed E-state index contributed by atoms with van der Waals surface area (Å²) in [5, 5.41) is 4.04. The largest absolute Gasteiger partial charge is 0.366 e. The van der Waals surface area contributed by atoms with Crippen molar-refractivity contribution in [1.29, 1.82) is 0 Å². The smallest absolute Gasteiger partial charge is 0.256 e. The predicted octanol–water partition coefficient (Wildman–Crippen LogP) is 5.66. The van der Waals surface area contributed by atoms with Crippen LogP contribution in [0.3, 0.4) is 0 Å². The molecule has 0 bridgehead atoms. The van der Waals surface area contributed by atoms with Gasteiger partial charge in [-0.1, -0.05) is 69.4 Å². The summed E-state index contributed by atoms with van der Waals surface area (Å²) in [6, 6.07) is 14.7. The second kappa shape index (κ2) is 10.1. The third kappa shape index (κ3) is 4.73. The van der Waals surface area contributed by atoms with Gasteiger partial charge in [0.25, 0.3) is 5.91 Å². The molecular formula is C25H31N3O2. The van der Waals surface area contributed by atoms with Crippen molar-refractivity contribution in [1.82, 2.24) is 4.57 Å². The van der Waals surface area contributed by atoms with Crippen molar-refractivity contribution in [2.24, 2.45) is 5.73 Å². The highest BCUT2D eigenvalue weighted by molar-refractivity contribution is 6.14. The van der Waals surface area contributed by atoms with Crippen LogP contribution < -0.4 is 11.1 Å². The number of amides is 2. The maximum atomic E-state index is 13.0. The minimum atomic E-state index is -0.608. The zero-order valence-corrected chi connectivity index (χ0v) is 17.9. The number of rotatable bonds is 10. The summed E-state index contributed by atoms with van der Waals surface area (Å²) in [6.45, 7) is 5.19. The summed E-state index contributed by atoms with van der Waals surface area (Å²) >= 11 is 0. The Balaban J connectivity index is 1.84. The first kappa shape index (κ1) is 21.6. The Kier molecular flexibility index (Phi) is 7.28. The lowest BCUT2D eigenvalue weighted by atomic mass is 10.1. The minimum Gasteiger partial charge on any atom is -0.366 e. The van der Waals surface area contributed by atoms with Gasteiger partial charge in [0.05, 0.1) is 22.3 Å². The third-order valence-corrected chi connectivity index (χ3v) is 5.64. The molecule has 2 amide bonds. The number of hydrogen-bond donors (Lipinski definition) is 2. The normalized spacial score (nSPS) is 11.0. The van der Waals surface area contributed by atoms with Crippen molar-refractivity contribution in [3.8, 4) is 0 Å². The van der Waals surface area contributed by atoms with E-state index in [-0.39, 0.29) is 17.0 Å². The molecule has 1 heterocycles. The van der Waals surface area contributed by atoms with Crippen LogP contribution in [0.5, 0.6) is 0 Å². The van der Waals surface area contributed by atoms with E-state index in [9.17, 15) is 9.59 Å². The molecule has 0 radical (unpaired) electrons. The Morgan fingerprint density at radius 3 is 2.27 bits per heavy atom. The first-order valence-corrected chi connectivity index (χ1v) is 10.8. The quantitative estimate of drug-likeness (QED) is 0.427. The molecule has 0 saturated carbocycles. The molecule has 2 aromatic carbocycles. The molecule has 5 heteroatoms. The highest BCUT2D eigenvalue weighted by Gasteiger charge is 2.19. The number of fused-ring (bicyclic) bond motifs is 1. The van der Waals surface area contributed by atoms with Gasteiger partial charge in [0.15, 0.2) is 0 Å². The number of nitrogens with two attached hydrogens (primary N) is 1. The minimum absolute atomic E-state index is 0.225. The van der Waals surface area contributed by atoms with Crippen LogP contribution in [-0.2, 0) is 6.54 Å². The Morgan fingerprint density at radius 2 is 1.53 bits per heavy atom. The predicted molar refractivity (Wildman–Crippen MR) is 123 cm³/mol. The van der Waals surface area contributed by atoms with E-state index in [0.29, 0.717) is 0 Å². The number of carbonyl (C=O) groups excluding carboxylic acids is 2. The second-order valence-corrected chi connectivity index (χ2v) is 7.76. The maximum Gasteiger partial charge on any atom is 0.256 e. The van der Waals surface area contributed by atoms with Gasteiger partial charge in [0, 0.05) is 17.6 Å². The Labute approximate surface area is 178 Å². The summed E-state index contributed by atoms with van der Waals surface area (Å²) in [5.41, 5.74) is 8.89. The van der Waals surface area contributed by atoms with Gasteiger partial charge in [-0.3, -0.25) is 9.59 Å². The number of benzene rings is 2. The van der Waals surface area contributed by atoms with Crippen LogP contribution in [0.2, 0.25) is 0 Å². The highest BCUT2D eigenvalue weighted by atomic mass is 16.2. The monoisotopic (exact) mass is 405 g/mol. The van der Waals surface area contributed by atoms with E-state index in [1.165, 1.54) is 32.1 Å². The van der Waals surface area contributed by atoms with Crippen LogP contribution in [0.4, 0.5) is 5.69 Å². The van der Waals surface area contributed by atoms with Crippen molar-refractivity contribution < 1.29 is 9.59 Å². The first-order chi connectivity index (χ1) is 14.5. The number of nitrogens with zero attached hydrogens (tertiary/aromatic N) is 1. The Bertz CT molecular complexity index is 1040. The average molecular weight is 406 g/mol. The number of aryl methyl sites for hydroxylation is 1. The number of para-hydroxylation sites is 1. The van der Waals surface area contributed by atoms with Gasteiger partial charge in [-0.15, -0.1) is 0 Å². The van der Waals surface area contributed by atoms with Crippen molar-refractivity contribution >= 4 is 28.4 Å². The van der Waals surface area contributed by atoms with Gasteiger partial charge in [0.2, 0.25) is 5.91 Å². The number of nitrogens with one attached hydrogen (secondary N) is 1. The molecular weight excluding hydrogens is 374 g/mol. The van der Waals surface area contributed by atoms with Crippen molar-refractivity contribution in [2.45, 2.75) is 58.9 Å². The van der Waals surface area contributed by atoms with Crippen LogP contribution in [0.1, 0.15) is 71.9 Å². The summed E-state index contributed by atoms with van der Waals surface area (Å²) < 4.78 is 2.28. The fourth-order valence-electron chi connectivity index (χ4n) is 4.00. The van der Waals surface area contributed by atoms with Gasteiger partial charge in [-0.05, 0) is 31.5 Å². The molecule has 0 fully saturated rings. The number of carbonyl (C=O) groups is 2. The summed E-state index contributed by atoms with van der Waals surface area (Å²) in [7, 11) is 0. The zero-order valence-electron chi connectivity index (χ0n) is 17.9. The lowest BCUT2D eigenvalue weighted by Gasteiger charge is -2.10. The highest BCUT2D eigenvalue weighted by Crippen LogP contribution is 2.31. The molecule has 3 aromatic rings. The van der Waals surface area contributed by atoms with E-state index in [0.717, 1.165) is 35.2 Å². The topological polar surface area (TPSA) is 77.1 Å². The van der Waals surface area contributed by atoms with E-state index >= 15 is 0 Å². The molecule has 0 spiro atoms. The van der Waals surface area contributed by atoms with E-state index in [2.05, 4.69) is 22.9 Å². The number of hydrogen-bond acceptors (Lipinski definition) is 2. The molecule has 3 rings (SSSR count). The second-order valence-electron chi connectivity index (χ2n) is 7.76. The van der Waals surface area contributed by atoms with E-state index in [1.54, 1.807) is 24.3 Å². The van der Waals surface area contributed by atoms with Crippen LogP contribution in [-0.4, -0.2) is 16.4 Å². The fourth-order valence-corrected chi connectivity index (χ4v) is 4.00. The number of primary amides is 1. The zero-order chi connectivity index (χ0) is 21.5. The number of aromatic nitrogens is 1. The summed E-state index contributed by atoms with van der Waals surface area (Å²) in [5.74, 6) is -0.932. The van der Waals surface area contributed by atoms with E-state index in [4.69, 9.17) is 5.73 Å². The van der Waals surface area contributed by atoms with E-state index < -0.39 is 5.91 Å². The van der Waals surface area contributed by atoms with Crippen molar-refractivity contribution in [2.75, 3.05) is 5.32 Å². The lowest BCUT2D eigenvalue weighted by molar-refractivity contribution is 0.0977. The first-order valence-electron chi connectivity index (χ1n) is 10.8. The van der Waals surface area contributed by atoms with Crippen molar-refractivity contribution in [3.63, 3.8) is 0 Å². The van der Waals surface area contributed by atoms with Gasteiger partial charge >= 0.3 is 0 Å². The third-order valence-electron chi connectivity index (χ3n) is 5.64. The van der Waals surface area contributed by atoms with Gasteiger partial charge in [-0.2, -0.15) is 0 Å². The Morgan fingerprint density at radius 1 is 0.900 bits per heavy atom. The van der Waals surface area contributed by atoms with E-state index in [1.807, 2.05) is 25.1 Å². The molecule has 3 N–H and O–H groups in total. The molecule has 0 aliphatic heterocycles. The molecule has 0 atom stereocenters. The van der Waals surface area contributed by atoms with Crippen LogP contribution in [0.15, 0.2) is 48.5 Å². The SMILES string of the molecule is CCCCCCCCn1c(C)c(NC(=O)c2ccccc2C(N)=O)c2ccccc21. The molecule has 1 aromatic heterocycles.